The Morgan fingerprint density at radius 3 is 2.48 bits per heavy atom. The zero-order valence-electron chi connectivity index (χ0n) is 19.4. The summed E-state index contributed by atoms with van der Waals surface area (Å²) in [6, 6.07) is 18.3. The summed E-state index contributed by atoms with van der Waals surface area (Å²) in [4.78, 5) is 6.92. The highest BCUT2D eigenvalue weighted by atomic mass is 19.1. The third-order valence-corrected chi connectivity index (χ3v) is 6.55. The third-order valence-electron chi connectivity index (χ3n) is 6.55. The fourth-order valence-corrected chi connectivity index (χ4v) is 4.76. The number of rotatable bonds is 9. The van der Waals surface area contributed by atoms with Gasteiger partial charge in [0.25, 0.3) is 5.89 Å². The molecule has 3 aromatic rings. The molecule has 174 valence electrons. The largest absolute Gasteiger partial charge is 0.463 e. The molecule has 0 N–H and O–H groups in total. The van der Waals surface area contributed by atoms with Crippen LogP contribution in [0.5, 0.6) is 5.75 Å². The Kier molecular flexibility index (Phi) is 7.89. The number of aromatic nitrogens is 2. The van der Waals surface area contributed by atoms with Gasteiger partial charge in [-0.3, -0.25) is 0 Å². The van der Waals surface area contributed by atoms with Crippen molar-refractivity contribution in [2.75, 3.05) is 21.0 Å². The number of ether oxygens (including phenoxy) is 1. The molecule has 0 spiro atoms. The first-order valence-corrected chi connectivity index (χ1v) is 11.6. The van der Waals surface area contributed by atoms with Gasteiger partial charge in [-0.05, 0) is 88.4 Å². The molecule has 33 heavy (non-hydrogen) atoms. The minimum absolute atomic E-state index is 0.476. The van der Waals surface area contributed by atoms with E-state index >= 15 is 0 Å². The molecular formula is C27H32FN3O2. The highest BCUT2D eigenvalue weighted by Gasteiger charge is 2.26. The van der Waals surface area contributed by atoms with Crippen LogP contribution in [0, 0.1) is 5.92 Å². The van der Waals surface area contributed by atoms with Crippen LogP contribution in [-0.4, -0.2) is 42.0 Å². The summed E-state index contributed by atoms with van der Waals surface area (Å²) in [5.74, 6) is 2.24. The van der Waals surface area contributed by atoms with Crippen LogP contribution in [-0.2, 0) is 6.42 Å². The van der Waals surface area contributed by atoms with Crippen LogP contribution in [0.25, 0.3) is 17.5 Å². The summed E-state index contributed by atoms with van der Waals surface area (Å²) < 4.78 is 22.6. The molecule has 0 amide bonds. The van der Waals surface area contributed by atoms with Crippen molar-refractivity contribution in [2.24, 2.45) is 5.92 Å². The van der Waals surface area contributed by atoms with Gasteiger partial charge in [-0.2, -0.15) is 4.98 Å². The second-order valence-electron chi connectivity index (χ2n) is 8.93. The van der Waals surface area contributed by atoms with Gasteiger partial charge < -0.3 is 14.2 Å². The maximum absolute atomic E-state index is 12.3. The van der Waals surface area contributed by atoms with Crippen LogP contribution in [0.4, 0.5) is 4.39 Å². The molecule has 1 fully saturated rings. The van der Waals surface area contributed by atoms with Crippen molar-refractivity contribution in [2.45, 2.75) is 44.6 Å². The lowest BCUT2D eigenvalue weighted by molar-refractivity contribution is 0.172. The van der Waals surface area contributed by atoms with Gasteiger partial charge in [0.15, 0.2) is 0 Å². The fraction of sp³-hybridized carbons (Fsp3) is 0.407. The first kappa shape index (κ1) is 23.2. The maximum atomic E-state index is 12.3. The van der Waals surface area contributed by atoms with Gasteiger partial charge in [-0.25, -0.2) is 4.39 Å². The van der Waals surface area contributed by atoms with Crippen molar-refractivity contribution in [1.82, 2.24) is 15.0 Å². The highest BCUT2D eigenvalue weighted by Crippen LogP contribution is 2.34. The average Bonchev–Trinajstić information content (AvgIpc) is 3.30. The quantitative estimate of drug-likeness (QED) is 0.390. The van der Waals surface area contributed by atoms with Crippen molar-refractivity contribution in [1.29, 1.82) is 0 Å². The Labute approximate surface area is 195 Å². The van der Waals surface area contributed by atoms with Crippen LogP contribution in [0.3, 0.4) is 0 Å². The van der Waals surface area contributed by atoms with E-state index < -0.39 is 6.86 Å². The molecule has 1 aliphatic carbocycles. The zero-order valence-corrected chi connectivity index (χ0v) is 19.4. The minimum Gasteiger partial charge on any atom is -0.463 e. The lowest BCUT2D eigenvalue weighted by Crippen LogP contribution is -2.37. The SMILES string of the molecule is CN(C)C(CCc1ccccc1)C1CCC(=Cc2nc(-c3ccc(OCF)cc3)no2)CC1. The van der Waals surface area contributed by atoms with E-state index in [4.69, 9.17) is 9.26 Å². The van der Waals surface area contributed by atoms with Crippen molar-refractivity contribution >= 4 is 6.08 Å². The van der Waals surface area contributed by atoms with Gasteiger partial charge in [-0.15, -0.1) is 0 Å². The van der Waals surface area contributed by atoms with Crippen LogP contribution in [0.1, 0.15) is 43.6 Å². The van der Waals surface area contributed by atoms with Gasteiger partial charge in [0, 0.05) is 17.7 Å². The standard InChI is InChI=1S/C27H32FN3O2/c1-31(2)25(17-10-20-6-4-3-5-7-20)22-11-8-21(9-12-22)18-26-29-27(30-33-26)23-13-15-24(16-14-23)32-19-28/h3-7,13-16,18,22,25H,8-12,17,19H2,1-2H3. The lowest BCUT2D eigenvalue weighted by atomic mass is 9.79. The fourth-order valence-electron chi connectivity index (χ4n) is 4.76. The Hall–Kier alpha value is -2.99. The van der Waals surface area contributed by atoms with Crippen molar-refractivity contribution in [3.05, 3.63) is 71.6 Å². The van der Waals surface area contributed by atoms with E-state index in [0.717, 1.165) is 24.8 Å². The van der Waals surface area contributed by atoms with Crippen LogP contribution in [0.2, 0.25) is 0 Å². The zero-order chi connectivity index (χ0) is 23.0. The number of nitrogens with zero attached hydrogens (tertiary/aromatic N) is 3. The van der Waals surface area contributed by atoms with Gasteiger partial charge in [0.2, 0.25) is 12.7 Å². The Morgan fingerprint density at radius 1 is 1.09 bits per heavy atom. The molecule has 0 bridgehead atoms. The highest BCUT2D eigenvalue weighted by molar-refractivity contribution is 5.57. The molecule has 0 saturated heterocycles. The average molecular weight is 450 g/mol. The molecule has 6 heteroatoms. The first-order chi connectivity index (χ1) is 16.1. The number of halogens is 1. The predicted molar refractivity (Wildman–Crippen MR) is 129 cm³/mol. The van der Waals surface area contributed by atoms with Crippen molar-refractivity contribution in [3.63, 3.8) is 0 Å². The predicted octanol–water partition coefficient (Wildman–Crippen LogP) is 6.18. The van der Waals surface area contributed by atoms with Crippen LogP contribution >= 0.6 is 0 Å². The molecule has 1 saturated carbocycles. The molecule has 1 unspecified atom stereocenters. The topological polar surface area (TPSA) is 51.4 Å². The lowest BCUT2D eigenvalue weighted by Gasteiger charge is -2.35. The normalized spacial score (nSPS) is 17.2. The van der Waals surface area contributed by atoms with E-state index in [9.17, 15) is 4.39 Å². The molecule has 0 aliphatic heterocycles. The third kappa shape index (κ3) is 6.29. The maximum Gasteiger partial charge on any atom is 0.250 e. The monoisotopic (exact) mass is 449 g/mol. The second kappa shape index (κ2) is 11.2. The molecule has 1 atom stereocenters. The smallest absolute Gasteiger partial charge is 0.250 e. The Morgan fingerprint density at radius 2 is 1.82 bits per heavy atom. The summed E-state index contributed by atoms with van der Waals surface area (Å²) >= 11 is 0. The Bertz CT molecular complexity index is 1020. The van der Waals surface area contributed by atoms with Gasteiger partial charge in [0.05, 0.1) is 0 Å². The number of hydrogen-bond acceptors (Lipinski definition) is 5. The van der Waals surface area contributed by atoms with Crippen molar-refractivity contribution in [3.8, 4) is 17.1 Å². The van der Waals surface area contributed by atoms with Crippen molar-refractivity contribution < 1.29 is 13.7 Å². The van der Waals surface area contributed by atoms with Crippen LogP contribution in [0.15, 0.2) is 64.7 Å². The van der Waals surface area contributed by atoms with E-state index in [2.05, 4.69) is 59.5 Å². The molecule has 1 aromatic heterocycles. The van der Waals surface area contributed by atoms with Gasteiger partial charge in [-0.1, -0.05) is 41.1 Å². The van der Waals surface area contributed by atoms with Gasteiger partial charge in [0.1, 0.15) is 5.75 Å². The van der Waals surface area contributed by atoms with Crippen LogP contribution < -0.4 is 4.74 Å². The summed E-state index contributed by atoms with van der Waals surface area (Å²) in [5.41, 5.74) is 3.59. The number of allylic oxidation sites excluding steroid dienone is 1. The minimum atomic E-state index is -0.845. The van der Waals surface area contributed by atoms with E-state index in [1.807, 2.05) is 6.08 Å². The first-order valence-electron chi connectivity index (χ1n) is 11.6. The van der Waals surface area contributed by atoms with E-state index in [1.54, 1.807) is 24.3 Å². The molecule has 4 rings (SSSR count). The number of alkyl halides is 1. The number of hydrogen-bond donors (Lipinski definition) is 0. The number of benzene rings is 2. The summed E-state index contributed by atoms with van der Waals surface area (Å²) in [6.45, 7) is -0.845. The molecule has 2 aromatic carbocycles. The molecule has 1 heterocycles. The number of aryl methyl sites for hydroxylation is 1. The van der Waals surface area contributed by atoms with E-state index in [0.29, 0.717) is 29.4 Å². The molecule has 1 aliphatic rings. The van der Waals surface area contributed by atoms with E-state index in [1.165, 1.54) is 30.4 Å². The second-order valence-corrected chi connectivity index (χ2v) is 8.93. The molecule has 5 nitrogen and oxygen atoms in total. The summed E-state index contributed by atoms with van der Waals surface area (Å²) in [6.07, 6.45) is 8.83. The molecular weight excluding hydrogens is 417 g/mol. The van der Waals surface area contributed by atoms with E-state index in [-0.39, 0.29) is 0 Å². The summed E-state index contributed by atoms with van der Waals surface area (Å²) in [5, 5.41) is 4.09. The van der Waals surface area contributed by atoms with Gasteiger partial charge >= 0.3 is 0 Å². The molecule has 0 radical (unpaired) electrons. The Balaban J connectivity index is 1.33. The summed E-state index contributed by atoms with van der Waals surface area (Å²) in [7, 11) is 4.41.